The first-order valence-electron chi connectivity index (χ1n) is 6.31. The molecule has 1 heterocycles. The van der Waals surface area contributed by atoms with Crippen LogP contribution in [0.3, 0.4) is 0 Å². The second-order valence-electron chi connectivity index (χ2n) is 6.03. The van der Waals surface area contributed by atoms with Crippen molar-refractivity contribution >= 4 is 0 Å². The zero-order valence-electron chi connectivity index (χ0n) is 9.73. The Bertz CT molecular complexity index is 250. The number of hydrogen-bond acceptors (Lipinski definition) is 1. The molecule has 2 atom stereocenters. The summed E-state index contributed by atoms with van der Waals surface area (Å²) in [4.78, 5) is 0. The Morgan fingerprint density at radius 1 is 0.929 bits per heavy atom. The van der Waals surface area contributed by atoms with Crippen molar-refractivity contribution in [3.63, 3.8) is 0 Å². The molecule has 14 heavy (non-hydrogen) atoms. The SMILES string of the molecule is CC(C)C1(C)C23CCCCCCC21O3. The largest absolute Gasteiger partial charge is 0.361 e. The fourth-order valence-corrected chi connectivity index (χ4v) is 4.33. The lowest BCUT2D eigenvalue weighted by Crippen LogP contribution is -2.29. The van der Waals surface area contributed by atoms with Crippen molar-refractivity contribution in [1.82, 2.24) is 0 Å². The van der Waals surface area contributed by atoms with Crippen molar-refractivity contribution in [2.75, 3.05) is 0 Å². The molecule has 0 spiro atoms. The monoisotopic (exact) mass is 194 g/mol. The first-order chi connectivity index (χ1) is 6.61. The van der Waals surface area contributed by atoms with Gasteiger partial charge in [-0.05, 0) is 18.8 Å². The molecule has 1 aliphatic heterocycles. The topological polar surface area (TPSA) is 12.5 Å². The van der Waals surface area contributed by atoms with Gasteiger partial charge in [0.2, 0.25) is 0 Å². The molecule has 0 N–H and O–H groups in total. The normalized spacial score (nSPS) is 55.7. The van der Waals surface area contributed by atoms with E-state index in [9.17, 15) is 0 Å². The number of hydrogen-bond donors (Lipinski definition) is 0. The second kappa shape index (κ2) is 2.37. The highest BCUT2D eigenvalue weighted by Crippen LogP contribution is 2.89. The molecule has 0 radical (unpaired) electrons. The van der Waals surface area contributed by atoms with Crippen LogP contribution in [0.5, 0.6) is 0 Å². The fraction of sp³-hybridized carbons (Fsp3) is 1.00. The molecule has 3 aliphatic rings. The summed E-state index contributed by atoms with van der Waals surface area (Å²) in [7, 11) is 0. The van der Waals surface area contributed by atoms with Crippen LogP contribution >= 0.6 is 0 Å². The Balaban J connectivity index is 1.87. The van der Waals surface area contributed by atoms with E-state index >= 15 is 0 Å². The molecular weight excluding hydrogens is 172 g/mol. The lowest BCUT2D eigenvalue weighted by Gasteiger charge is -2.28. The fourth-order valence-electron chi connectivity index (χ4n) is 4.33. The Morgan fingerprint density at radius 3 is 1.86 bits per heavy atom. The second-order valence-corrected chi connectivity index (χ2v) is 6.03. The molecular formula is C13H22O. The third-order valence-corrected chi connectivity index (χ3v) is 5.54. The third kappa shape index (κ3) is 0.680. The maximum absolute atomic E-state index is 6.08. The van der Waals surface area contributed by atoms with Gasteiger partial charge in [0.25, 0.3) is 0 Å². The molecule has 3 fully saturated rings. The minimum absolute atomic E-state index is 0.342. The maximum Gasteiger partial charge on any atom is 0.107 e. The average molecular weight is 194 g/mol. The van der Waals surface area contributed by atoms with E-state index in [2.05, 4.69) is 20.8 Å². The summed E-state index contributed by atoms with van der Waals surface area (Å²) in [6.45, 7) is 7.21. The molecule has 2 unspecified atom stereocenters. The van der Waals surface area contributed by atoms with Gasteiger partial charge in [-0.1, -0.05) is 46.5 Å². The highest BCUT2D eigenvalue weighted by Gasteiger charge is 3.00. The van der Waals surface area contributed by atoms with E-state index in [0.717, 1.165) is 5.92 Å². The van der Waals surface area contributed by atoms with Crippen molar-refractivity contribution in [3.8, 4) is 0 Å². The van der Waals surface area contributed by atoms with Crippen LogP contribution in [0.2, 0.25) is 0 Å². The summed E-state index contributed by atoms with van der Waals surface area (Å²) in [6.07, 6.45) is 8.31. The van der Waals surface area contributed by atoms with E-state index in [1.54, 1.807) is 0 Å². The van der Waals surface area contributed by atoms with Crippen LogP contribution in [0.4, 0.5) is 0 Å². The minimum Gasteiger partial charge on any atom is -0.361 e. The summed E-state index contributed by atoms with van der Waals surface area (Å²) in [5.41, 5.74) is 1.20. The van der Waals surface area contributed by atoms with Gasteiger partial charge in [0.05, 0.1) is 0 Å². The Morgan fingerprint density at radius 2 is 1.43 bits per heavy atom. The highest BCUT2D eigenvalue weighted by atomic mass is 16.7. The van der Waals surface area contributed by atoms with E-state index in [0.29, 0.717) is 16.6 Å². The predicted octanol–water partition coefficient (Wildman–Crippen LogP) is 3.52. The first kappa shape index (κ1) is 9.21. The molecule has 80 valence electrons. The molecule has 0 aromatic carbocycles. The predicted molar refractivity (Wildman–Crippen MR) is 57.2 cm³/mol. The molecule has 0 aromatic heterocycles. The van der Waals surface area contributed by atoms with Gasteiger partial charge in [-0.3, -0.25) is 0 Å². The van der Waals surface area contributed by atoms with Crippen LogP contribution in [0.25, 0.3) is 0 Å². The molecule has 1 heteroatoms. The van der Waals surface area contributed by atoms with Crippen LogP contribution in [-0.4, -0.2) is 11.2 Å². The first-order valence-corrected chi connectivity index (χ1v) is 6.31. The van der Waals surface area contributed by atoms with Crippen LogP contribution in [-0.2, 0) is 4.74 Å². The zero-order valence-corrected chi connectivity index (χ0v) is 9.73. The van der Waals surface area contributed by atoms with Gasteiger partial charge >= 0.3 is 0 Å². The molecule has 3 rings (SSSR count). The van der Waals surface area contributed by atoms with Crippen molar-refractivity contribution in [2.45, 2.75) is 70.5 Å². The Hall–Kier alpha value is -0.0400. The van der Waals surface area contributed by atoms with Crippen LogP contribution in [0.15, 0.2) is 0 Å². The summed E-state index contributed by atoms with van der Waals surface area (Å²) < 4.78 is 6.08. The summed E-state index contributed by atoms with van der Waals surface area (Å²) in [6, 6.07) is 0. The van der Waals surface area contributed by atoms with Crippen molar-refractivity contribution in [3.05, 3.63) is 0 Å². The van der Waals surface area contributed by atoms with Gasteiger partial charge in [0.15, 0.2) is 0 Å². The van der Waals surface area contributed by atoms with E-state index in [-0.39, 0.29) is 0 Å². The van der Waals surface area contributed by atoms with Gasteiger partial charge in [-0.25, -0.2) is 0 Å². The van der Waals surface area contributed by atoms with Crippen LogP contribution in [0, 0.1) is 11.3 Å². The summed E-state index contributed by atoms with van der Waals surface area (Å²) in [5.74, 6) is 0.786. The van der Waals surface area contributed by atoms with Gasteiger partial charge in [-0.15, -0.1) is 0 Å². The Labute approximate surface area is 87.2 Å². The lowest BCUT2D eigenvalue weighted by molar-refractivity contribution is -0.000275. The Kier molecular flexibility index (Phi) is 1.56. The van der Waals surface area contributed by atoms with Crippen molar-refractivity contribution in [1.29, 1.82) is 0 Å². The van der Waals surface area contributed by atoms with Crippen molar-refractivity contribution < 1.29 is 4.74 Å². The molecule has 0 aromatic rings. The van der Waals surface area contributed by atoms with E-state index in [1.165, 1.54) is 38.5 Å². The van der Waals surface area contributed by atoms with Gasteiger partial charge in [0, 0.05) is 5.41 Å². The molecule has 1 saturated heterocycles. The molecule has 0 bridgehead atoms. The van der Waals surface area contributed by atoms with E-state index in [4.69, 9.17) is 4.74 Å². The van der Waals surface area contributed by atoms with Crippen molar-refractivity contribution in [2.24, 2.45) is 11.3 Å². The average Bonchev–Trinajstić information content (AvgIpc) is 2.86. The minimum atomic E-state index is 0.342. The smallest absolute Gasteiger partial charge is 0.107 e. The number of rotatable bonds is 1. The number of ether oxygens (including phenoxy) is 1. The molecule has 2 aliphatic carbocycles. The quantitative estimate of drug-likeness (QED) is 0.582. The summed E-state index contributed by atoms with van der Waals surface area (Å²) in [5, 5.41) is 0. The van der Waals surface area contributed by atoms with Gasteiger partial charge in [-0.2, -0.15) is 0 Å². The molecule has 0 amide bonds. The third-order valence-electron chi connectivity index (χ3n) is 5.54. The molecule has 2 saturated carbocycles. The molecule has 1 nitrogen and oxygen atoms in total. The number of epoxide rings is 1. The van der Waals surface area contributed by atoms with Crippen LogP contribution < -0.4 is 0 Å². The van der Waals surface area contributed by atoms with Gasteiger partial charge in [0.1, 0.15) is 11.2 Å². The maximum atomic E-state index is 6.08. The lowest BCUT2D eigenvalue weighted by atomic mass is 9.85. The zero-order chi connectivity index (χ0) is 10.0. The van der Waals surface area contributed by atoms with Gasteiger partial charge < -0.3 is 4.74 Å². The standard InChI is InChI=1S/C13H22O/c1-10(2)11(3)12-8-6-4-5-7-9-13(11,12)14-12/h10H,4-9H2,1-3H3. The van der Waals surface area contributed by atoms with E-state index in [1.807, 2.05) is 0 Å². The van der Waals surface area contributed by atoms with Crippen LogP contribution in [0.1, 0.15) is 59.3 Å². The summed E-state index contributed by atoms with van der Waals surface area (Å²) >= 11 is 0. The van der Waals surface area contributed by atoms with E-state index < -0.39 is 0 Å². The highest BCUT2D eigenvalue weighted by molar-refractivity contribution is 5.47.